The molecule has 0 amide bonds. The van der Waals surface area contributed by atoms with Gasteiger partial charge in [0.1, 0.15) is 5.75 Å². The number of nitrogens with zero attached hydrogens (tertiary/aromatic N) is 2. The van der Waals surface area contributed by atoms with Crippen LogP contribution < -0.4 is 10.5 Å². The number of hydrogen-bond acceptors (Lipinski definition) is 5. The molecule has 3 rings (SSSR count). The number of para-hydroxylation sites is 1. The molecule has 0 aliphatic heterocycles. The van der Waals surface area contributed by atoms with Crippen LogP contribution in [0.1, 0.15) is 6.92 Å². The van der Waals surface area contributed by atoms with Crippen LogP contribution in [0.15, 0.2) is 53.2 Å². The quantitative estimate of drug-likeness (QED) is 0.793. The predicted molar refractivity (Wildman–Crippen MR) is 80.8 cm³/mol. The third kappa shape index (κ3) is 2.45. The summed E-state index contributed by atoms with van der Waals surface area (Å²) in [6.07, 6.45) is 1.71. The van der Waals surface area contributed by atoms with E-state index in [2.05, 4.69) is 10.1 Å². The number of aromatic nitrogens is 2. The Morgan fingerprint density at radius 2 is 1.95 bits per heavy atom. The number of hydrogen-bond donors (Lipinski definition) is 1. The zero-order valence-corrected chi connectivity index (χ0v) is 11.6. The SMILES string of the molecule is CCOc1ccccc1-c1onc(N)c1-c1ccccn1. The van der Waals surface area contributed by atoms with Crippen LogP contribution in [0.3, 0.4) is 0 Å². The van der Waals surface area contributed by atoms with Crippen LogP contribution >= 0.6 is 0 Å². The molecule has 0 spiro atoms. The Balaban J connectivity index is 2.17. The van der Waals surface area contributed by atoms with Crippen LogP contribution in [0.25, 0.3) is 22.6 Å². The Morgan fingerprint density at radius 3 is 2.71 bits per heavy atom. The third-order valence-corrected chi connectivity index (χ3v) is 3.07. The van der Waals surface area contributed by atoms with Crippen molar-refractivity contribution in [1.29, 1.82) is 0 Å². The van der Waals surface area contributed by atoms with Crippen molar-refractivity contribution >= 4 is 5.82 Å². The van der Waals surface area contributed by atoms with Crippen molar-refractivity contribution < 1.29 is 9.26 Å². The molecule has 0 bridgehead atoms. The Hall–Kier alpha value is -2.82. The molecule has 2 N–H and O–H groups in total. The van der Waals surface area contributed by atoms with Crippen molar-refractivity contribution in [3.05, 3.63) is 48.7 Å². The fourth-order valence-electron chi connectivity index (χ4n) is 2.18. The van der Waals surface area contributed by atoms with Gasteiger partial charge in [0.25, 0.3) is 0 Å². The Labute approximate surface area is 122 Å². The van der Waals surface area contributed by atoms with E-state index in [1.165, 1.54) is 0 Å². The van der Waals surface area contributed by atoms with Crippen molar-refractivity contribution in [2.75, 3.05) is 12.3 Å². The number of rotatable bonds is 4. The Kier molecular flexibility index (Phi) is 3.55. The van der Waals surface area contributed by atoms with Crippen LogP contribution in [-0.2, 0) is 0 Å². The van der Waals surface area contributed by atoms with Crippen molar-refractivity contribution in [2.45, 2.75) is 6.92 Å². The van der Waals surface area contributed by atoms with E-state index in [4.69, 9.17) is 15.0 Å². The average Bonchev–Trinajstić information content (AvgIpc) is 2.91. The average molecular weight is 281 g/mol. The highest BCUT2D eigenvalue weighted by molar-refractivity contribution is 5.86. The molecule has 0 fully saturated rings. The van der Waals surface area contributed by atoms with E-state index >= 15 is 0 Å². The van der Waals surface area contributed by atoms with Gasteiger partial charge < -0.3 is 15.0 Å². The van der Waals surface area contributed by atoms with Crippen molar-refractivity contribution in [3.8, 4) is 28.3 Å². The van der Waals surface area contributed by atoms with Gasteiger partial charge in [0.2, 0.25) is 0 Å². The molecule has 2 heterocycles. The predicted octanol–water partition coefficient (Wildman–Crippen LogP) is 3.38. The minimum atomic E-state index is 0.315. The number of nitrogen functional groups attached to an aromatic ring is 1. The van der Waals surface area contributed by atoms with Crippen LogP contribution in [0.4, 0.5) is 5.82 Å². The van der Waals surface area contributed by atoms with Gasteiger partial charge in [0.15, 0.2) is 11.6 Å². The first-order valence-corrected chi connectivity index (χ1v) is 6.70. The third-order valence-electron chi connectivity index (χ3n) is 3.07. The Bertz CT molecular complexity index is 738. The lowest BCUT2D eigenvalue weighted by Gasteiger charge is -2.08. The molecule has 5 heteroatoms. The second-order valence-corrected chi connectivity index (χ2v) is 4.42. The highest BCUT2D eigenvalue weighted by atomic mass is 16.5. The molecule has 5 nitrogen and oxygen atoms in total. The molecule has 0 unspecified atom stereocenters. The number of benzene rings is 1. The van der Waals surface area contributed by atoms with E-state index in [-0.39, 0.29) is 0 Å². The summed E-state index contributed by atoms with van der Waals surface area (Å²) in [6.45, 7) is 2.50. The minimum absolute atomic E-state index is 0.315. The summed E-state index contributed by atoms with van der Waals surface area (Å²) < 4.78 is 11.1. The fourth-order valence-corrected chi connectivity index (χ4v) is 2.18. The van der Waals surface area contributed by atoms with Gasteiger partial charge in [-0.1, -0.05) is 23.4 Å². The van der Waals surface area contributed by atoms with Gasteiger partial charge in [0.05, 0.1) is 23.4 Å². The first-order chi connectivity index (χ1) is 10.3. The lowest BCUT2D eigenvalue weighted by molar-refractivity contribution is 0.339. The molecule has 0 radical (unpaired) electrons. The zero-order valence-electron chi connectivity index (χ0n) is 11.6. The van der Waals surface area contributed by atoms with E-state index in [0.29, 0.717) is 23.7 Å². The molecule has 106 valence electrons. The standard InChI is InChI=1S/C16H15N3O2/c1-2-20-13-9-4-3-7-11(13)15-14(16(17)19-21-15)12-8-5-6-10-18-12/h3-10H,2H2,1H3,(H2,17,19). The fraction of sp³-hybridized carbons (Fsp3) is 0.125. The molecule has 2 aromatic heterocycles. The topological polar surface area (TPSA) is 74.2 Å². The molecule has 3 aromatic rings. The molecule has 0 atom stereocenters. The second-order valence-electron chi connectivity index (χ2n) is 4.42. The summed E-state index contributed by atoms with van der Waals surface area (Å²) in [4.78, 5) is 4.32. The first kappa shape index (κ1) is 13.2. The lowest BCUT2D eigenvalue weighted by atomic mass is 10.0. The first-order valence-electron chi connectivity index (χ1n) is 6.70. The number of anilines is 1. The van der Waals surface area contributed by atoms with Crippen LogP contribution in [0.2, 0.25) is 0 Å². The van der Waals surface area contributed by atoms with Gasteiger partial charge in [-0.25, -0.2) is 0 Å². The van der Waals surface area contributed by atoms with E-state index in [1.807, 2.05) is 49.4 Å². The van der Waals surface area contributed by atoms with Gasteiger partial charge in [-0.3, -0.25) is 4.98 Å². The summed E-state index contributed by atoms with van der Waals surface area (Å²) in [5.74, 6) is 1.61. The maximum Gasteiger partial charge on any atom is 0.182 e. The maximum atomic E-state index is 5.95. The Morgan fingerprint density at radius 1 is 1.14 bits per heavy atom. The van der Waals surface area contributed by atoms with E-state index in [1.54, 1.807) is 6.20 Å². The highest BCUT2D eigenvalue weighted by Gasteiger charge is 2.21. The molecular formula is C16H15N3O2. The van der Waals surface area contributed by atoms with Crippen molar-refractivity contribution in [1.82, 2.24) is 10.1 Å². The molecule has 0 aliphatic carbocycles. The maximum absolute atomic E-state index is 5.95. The van der Waals surface area contributed by atoms with Crippen LogP contribution in [0, 0.1) is 0 Å². The molecule has 21 heavy (non-hydrogen) atoms. The van der Waals surface area contributed by atoms with E-state index < -0.39 is 0 Å². The van der Waals surface area contributed by atoms with Crippen molar-refractivity contribution in [3.63, 3.8) is 0 Å². The summed E-state index contributed by atoms with van der Waals surface area (Å²) in [5.41, 5.74) is 8.16. The normalized spacial score (nSPS) is 10.5. The zero-order chi connectivity index (χ0) is 14.7. The lowest BCUT2D eigenvalue weighted by Crippen LogP contribution is -1.95. The summed E-state index contributed by atoms with van der Waals surface area (Å²) in [5, 5.41) is 3.88. The highest BCUT2D eigenvalue weighted by Crippen LogP contribution is 2.39. The van der Waals surface area contributed by atoms with Gasteiger partial charge in [-0.05, 0) is 31.2 Å². The van der Waals surface area contributed by atoms with Crippen molar-refractivity contribution in [2.24, 2.45) is 0 Å². The minimum Gasteiger partial charge on any atom is -0.493 e. The van der Waals surface area contributed by atoms with Crippen LogP contribution in [-0.4, -0.2) is 16.7 Å². The smallest absolute Gasteiger partial charge is 0.182 e. The van der Waals surface area contributed by atoms with Gasteiger partial charge in [-0.2, -0.15) is 0 Å². The monoisotopic (exact) mass is 281 g/mol. The van der Waals surface area contributed by atoms with Gasteiger partial charge in [-0.15, -0.1) is 0 Å². The number of ether oxygens (including phenoxy) is 1. The van der Waals surface area contributed by atoms with Gasteiger partial charge >= 0.3 is 0 Å². The van der Waals surface area contributed by atoms with Crippen LogP contribution in [0.5, 0.6) is 5.75 Å². The molecule has 0 aliphatic rings. The molecule has 0 saturated heterocycles. The molecular weight excluding hydrogens is 266 g/mol. The summed E-state index contributed by atoms with van der Waals surface area (Å²) >= 11 is 0. The largest absolute Gasteiger partial charge is 0.493 e. The summed E-state index contributed by atoms with van der Waals surface area (Å²) in [6, 6.07) is 13.2. The van der Waals surface area contributed by atoms with E-state index in [0.717, 1.165) is 17.0 Å². The number of nitrogens with two attached hydrogens (primary N) is 1. The van der Waals surface area contributed by atoms with Gasteiger partial charge in [0, 0.05) is 6.20 Å². The number of pyridine rings is 1. The van der Waals surface area contributed by atoms with E-state index in [9.17, 15) is 0 Å². The molecule has 0 saturated carbocycles. The summed E-state index contributed by atoms with van der Waals surface area (Å²) in [7, 11) is 0. The molecule has 1 aromatic carbocycles. The second kappa shape index (κ2) is 5.66.